The van der Waals surface area contributed by atoms with Gasteiger partial charge in [0.15, 0.2) is 11.5 Å². The molecule has 0 unspecified atom stereocenters. The Morgan fingerprint density at radius 3 is 2.20 bits per heavy atom. The van der Waals surface area contributed by atoms with E-state index in [1.54, 1.807) is 60.8 Å². The summed E-state index contributed by atoms with van der Waals surface area (Å²) in [7, 11) is 3.07. The van der Waals surface area contributed by atoms with Crippen molar-refractivity contribution in [2.45, 2.75) is 90.5 Å². The highest BCUT2D eigenvalue weighted by atomic mass is 16.6. The van der Waals surface area contributed by atoms with Gasteiger partial charge in [-0.05, 0) is 45.1 Å². The van der Waals surface area contributed by atoms with Crippen LogP contribution >= 0.6 is 0 Å². The minimum atomic E-state index is -1.16. The monoisotopic (exact) mass is 572 g/mol. The molecule has 1 aromatic carbocycles. The Bertz CT molecular complexity index is 1330. The average Bonchev–Trinajstić information content (AvgIpc) is 3.63. The van der Waals surface area contributed by atoms with Crippen LogP contribution in [-0.2, 0) is 14.3 Å². The second-order valence-corrected chi connectivity index (χ2v) is 12.7. The first kappa shape index (κ1) is 30.1. The molecule has 2 N–H and O–H groups in total. The number of carbonyl (C=O) groups is 3. The molecule has 0 radical (unpaired) electrons. The maximum absolute atomic E-state index is 13.8. The van der Waals surface area contributed by atoms with Gasteiger partial charge in [-0.25, -0.2) is 14.6 Å². The lowest BCUT2D eigenvalue weighted by molar-refractivity contribution is -0.150. The van der Waals surface area contributed by atoms with Crippen LogP contribution in [0.4, 0.5) is 4.79 Å². The number of aromatic nitrogens is 2. The molecule has 1 aromatic heterocycles. The number of nitrogens with one attached hydrogen (secondary N) is 1. The fraction of sp³-hybridized carbons (Fsp3) is 0.621. The van der Waals surface area contributed by atoms with Gasteiger partial charge >= 0.3 is 12.1 Å². The summed E-state index contributed by atoms with van der Waals surface area (Å²) in [6.45, 7) is 10.5. The van der Waals surface area contributed by atoms with E-state index >= 15 is 0 Å². The van der Waals surface area contributed by atoms with Crippen molar-refractivity contribution in [3.8, 4) is 17.4 Å². The van der Waals surface area contributed by atoms with Crippen LogP contribution in [-0.4, -0.2) is 82.5 Å². The van der Waals surface area contributed by atoms with Gasteiger partial charge in [0, 0.05) is 18.4 Å². The summed E-state index contributed by atoms with van der Waals surface area (Å²) in [5.74, 6) is 0.470. The molecule has 2 aromatic rings. The first-order valence-electron chi connectivity index (χ1n) is 13.7. The van der Waals surface area contributed by atoms with Gasteiger partial charge in [0.25, 0.3) is 0 Å². The summed E-state index contributed by atoms with van der Waals surface area (Å²) in [5.41, 5.74) is -0.879. The summed E-state index contributed by atoms with van der Waals surface area (Å²) < 4.78 is 22.6. The molecule has 41 heavy (non-hydrogen) atoms. The summed E-state index contributed by atoms with van der Waals surface area (Å²) >= 11 is 0. The fourth-order valence-electron chi connectivity index (χ4n) is 4.82. The fourth-order valence-corrected chi connectivity index (χ4v) is 4.82. The van der Waals surface area contributed by atoms with Crippen molar-refractivity contribution in [1.82, 2.24) is 20.2 Å². The van der Waals surface area contributed by atoms with Crippen molar-refractivity contribution in [2.24, 2.45) is 5.41 Å². The maximum atomic E-state index is 13.8. The number of hydrogen-bond donors (Lipinski definition) is 2. The van der Waals surface area contributed by atoms with Crippen molar-refractivity contribution in [2.75, 3.05) is 20.8 Å². The van der Waals surface area contributed by atoms with E-state index in [1.165, 1.54) is 12.0 Å². The Morgan fingerprint density at radius 1 is 1.02 bits per heavy atom. The van der Waals surface area contributed by atoms with Crippen molar-refractivity contribution in [1.29, 1.82) is 0 Å². The third-order valence-electron chi connectivity index (χ3n) is 7.01. The molecule has 2 aliphatic rings. The van der Waals surface area contributed by atoms with Gasteiger partial charge < -0.3 is 34.3 Å². The summed E-state index contributed by atoms with van der Waals surface area (Å²) in [6, 6.07) is 1.31. The second-order valence-electron chi connectivity index (χ2n) is 12.7. The number of hydrogen-bond acceptors (Lipinski definition) is 9. The number of aliphatic carboxylic acids is 1. The number of ether oxygens (including phenoxy) is 4. The quantitative estimate of drug-likeness (QED) is 0.477. The zero-order valence-corrected chi connectivity index (χ0v) is 24.9. The Kier molecular flexibility index (Phi) is 8.24. The Morgan fingerprint density at radius 2 is 1.66 bits per heavy atom. The van der Waals surface area contributed by atoms with E-state index in [0.29, 0.717) is 34.1 Å². The van der Waals surface area contributed by atoms with E-state index in [-0.39, 0.29) is 18.9 Å². The number of carboxylic acid groups (broad SMARTS) is 1. The molecule has 12 heteroatoms. The highest BCUT2D eigenvalue weighted by molar-refractivity contribution is 5.91. The minimum absolute atomic E-state index is 0.00404. The van der Waals surface area contributed by atoms with Crippen molar-refractivity contribution < 1.29 is 38.4 Å². The average molecular weight is 573 g/mol. The van der Waals surface area contributed by atoms with E-state index in [1.807, 2.05) is 0 Å². The molecule has 2 heterocycles. The third-order valence-corrected chi connectivity index (χ3v) is 7.01. The van der Waals surface area contributed by atoms with E-state index in [2.05, 4.69) is 5.32 Å². The van der Waals surface area contributed by atoms with Crippen LogP contribution in [0.15, 0.2) is 12.1 Å². The predicted molar refractivity (Wildman–Crippen MR) is 149 cm³/mol. The summed E-state index contributed by atoms with van der Waals surface area (Å²) in [6.07, 6.45) is 0.574. The lowest BCUT2D eigenvalue weighted by Crippen LogP contribution is -2.57. The summed E-state index contributed by atoms with van der Waals surface area (Å²) in [5, 5.41) is 13.3. The van der Waals surface area contributed by atoms with Crippen LogP contribution < -0.4 is 19.5 Å². The molecule has 0 spiro atoms. The molecule has 2 amide bonds. The van der Waals surface area contributed by atoms with Gasteiger partial charge in [-0.3, -0.25) is 4.79 Å². The van der Waals surface area contributed by atoms with E-state index in [0.717, 1.165) is 12.8 Å². The number of benzene rings is 1. The van der Waals surface area contributed by atoms with Gasteiger partial charge in [-0.15, -0.1) is 0 Å². The van der Waals surface area contributed by atoms with Gasteiger partial charge in [-0.2, -0.15) is 4.98 Å². The molecule has 224 valence electrons. The first-order chi connectivity index (χ1) is 19.1. The number of likely N-dealkylation sites (tertiary alicyclic amines) is 1. The molecular formula is C29H40N4O8. The third kappa shape index (κ3) is 6.91. The standard InChI is InChI=1S/C29H40N4O8/c1-28(2,3)22(31-27(37)41-29(4,5)6)25(34)33-14-16(11-19(33)26(35)36)40-24-17-12-20(38-7)21(39-8)13-18(17)30-23(32-24)15-9-10-15/h12-13,15-16,19,22H,9-11,14H2,1-8H3,(H,31,37)(H,35,36)/t16-,19+,22-/m1/s1. The van der Waals surface area contributed by atoms with Gasteiger partial charge in [0.2, 0.25) is 11.8 Å². The Hall–Kier alpha value is -3.83. The number of amides is 2. The number of fused-ring (bicyclic) bond motifs is 1. The minimum Gasteiger partial charge on any atom is -0.493 e. The number of carboxylic acids is 1. The molecule has 2 fully saturated rings. The molecule has 4 rings (SSSR count). The Labute approximate surface area is 239 Å². The van der Waals surface area contributed by atoms with Crippen LogP contribution in [0.2, 0.25) is 0 Å². The molecule has 1 saturated carbocycles. The van der Waals surface area contributed by atoms with E-state index < -0.39 is 47.2 Å². The van der Waals surface area contributed by atoms with Crippen molar-refractivity contribution >= 4 is 28.9 Å². The molecule has 0 bridgehead atoms. The van der Waals surface area contributed by atoms with Gasteiger partial charge in [-0.1, -0.05) is 20.8 Å². The second kappa shape index (κ2) is 11.2. The highest BCUT2D eigenvalue weighted by Crippen LogP contribution is 2.42. The predicted octanol–water partition coefficient (Wildman–Crippen LogP) is 3.90. The van der Waals surface area contributed by atoms with Crippen molar-refractivity contribution in [3.63, 3.8) is 0 Å². The smallest absolute Gasteiger partial charge is 0.408 e. The zero-order valence-electron chi connectivity index (χ0n) is 24.9. The number of carbonyl (C=O) groups excluding carboxylic acids is 2. The zero-order chi connectivity index (χ0) is 30.3. The maximum Gasteiger partial charge on any atom is 0.408 e. The largest absolute Gasteiger partial charge is 0.493 e. The van der Waals surface area contributed by atoms with E-state index in [9.17, 15) is 19.5 Å². The molecule has 3 atom stereocenters. The molecule has 1 saturated heterocycles. The van der Waals surface area contributed by atoms with Crippen LogP contribution in [0, 0.1) is 5.41 Å². The number of alkyl carbamates (subject to hydrolysis) is 1. The molecule has 1 aliphatic heterocycles. The van der Waals surface area contributed by atoms with Crippen LogP contribution in [0.3, 0.4) is 0 Å². The summed E-state index contributed by atoms with van der Waals surface area (Å²) in [4.78, 5) is 49.4. The normalized spacial score (nSPS) is 20.0. The SMILES string of the molecule is COc1cc2nc(C3CC3)nc(O[C@@H]3C[C@@H](C(=O)O)N(C(=O)[C@@H](NC(=O)OC(C)(C)C)C(C)(C)C)C3)c2cc1OC. The van der Waals surface area contributed by atoms with Gasteiger partial charge in [0.05, 0.1) is 31.7 Å². The topological polar surface area (TPSA) is 149 Å². The van der Waals surface area contributed by atoms with E-state index in [4.69, 9.17) is 28.9 Å². The Balaban J connectivity index is 1.63. The van der Waals surface area contributed by atoms with Crippen molar-refractivity contribution in [3.05, 3.63) is 18.0 Å². The van der Waals surface area contributed by atoms with Crippen LogP contribution in [0.5, 0.6) is 17.4 Å². The number of methoxy groups -OCH3 is 2. The lowest BCUT2D eigenvalue weighted by atomic mass is 9.85. The molecule has 1 aliphatic carbocycles. The first-order valence-corrected chi connectivity index (χ1v) is 13.7. The lowest BCUT2D eigenvalue weighted by Gasteiger charge is -2.35. The van der Waals surface area contributed by atoms with Gasteiger partial charge in [0.1, 0.15) is 29.6 Å². The number of nitrogens with zero attached hydrogens (tertiary/aromatic N) is 3. The molecular weight excluding hydrogens is 532 g/mol. The van der Waals surface area contributed by atoms with Crippen LogP contribution in [0.1, 0.15) is 72.5 Å². The molecule has 12 nitrogen and oxygen atoms in total. The number of rotatable bonds is 8. The highest BCUT2D eigenvalue weighted by Gasteiger charge is 2.46. The van der Waals surface area contributed by atoms with Crippen LogP contribution in [0.25, 0.3) is 10.9 Å².